The third-order valence-electron chi connectivity index (χ3n) is 3.68. The Morgan fingerprint density at radius 1 is 1.22 bits per heavy atom. The molecular weight excluding hydrogens is 328 g/mol. The molecule has 0 radical (unpaired) electrons. The number of amides is 1. The molecule has 1 aromatic carbocycles. The van der Waals surface area contributed by atoms with Gasteiger partial charge in [0, 0.05) is 5.38 Å². The summed E-state index contributed by atoms with van der Waals surface area (Å²) < 4.78 is 5.71. The van der Waals surface area contributed by atoms with E-state index in [4.69, 9.17) is 4.74 Å². The molecule has 0 saturated heterocycles. The molecule has 1 aliphatic heterocycles. The first kappa shape index (κ1) is 14.4. The number of thiazole rings is 1. The zero-order valence-corrected chi connectivity index (χ0v) is 13.8. The zero-order chi connectivity index (χ0) is 15.6. The van der Waals surface area contributed by atoms with Crippen molar-refractivity contribution in [3.05, 3.63) is 58.4 Å². The fourth-order valence-electron chi connectivity index (χ4n) is 2.57. The summed E-state index contributed by atoms with van der Waals surface area (Å²) in [4.78, 5) is 17.9. The number of nitrogens with zero attached hydrogens (tertiary/aromatic N) is 1. The fraction of sp³-hybridized carbons (Fsp3) is 0.176. The van der Waals surface area contributed by atoms with E-state index in [0.29, 0.717) is 12.3 Å². The average molecular weight is 342 g/mol. The number of nitrogens with one attached hydrogen (secondary N) is 1. The Hall–Kier alpha value is -2.18. The Bertz CT molecular complexity index is 827. The van der Waals surface area contributed by atoms with Gasteiger partial charge in [0.2, 0.25) is 0 Å². The first-order chi connectivity index (χ1) is 11.3. The molecule has 3 heterocycles. The Morgan fingerprint density at radius 3 is 3.00 bits per heavy atom. The summed E-state index contributed by atoms with van der Waals surface area (Å²) in [5.74, 6) is 0.767. The van der Waals surface area contributed by atoms with E-state index in [1.807, 2.05) is 47.2 Å². The fourth-order valence-corrected chi connectivity index (χ4v) is 4.19. The predicted octanol–water partition coefficient (Wildman–Crippen LogP) is 3.61. The van der Waals surface area contributed by atoms with Crippen molar-refractivity contribution in [1.82, 2.24) is 10.3 Å². The van der Waals surface area contributed by atoms with Gasteiger partial charge >= 0.3 is 0 Å². The van der Waals surface area contributed by atoms with Gasteiger partial charge < -0.3 is 10.1 Å². The highest BCUT2D eigenvalue weighted by Gasteiger charge is 2.22. The van der Waals surface area contributed by atoms with Gasteiger partial charge in [0.15, 0.2) is 0 Å². The van der Waals surface area contributed by atoms with Crippen LogP contribution in [0.2, 0.25) is 0 Å². The van der Waals surface area contributed by atoms with Crippen molar-refractivity contribution in [3.8, 4) is 15.6 Å². The van der Waals surface area contributed by atoms with Crippen LogP contribution in [0, 0.1) is 0 Å². The lowest BCUT2D eigenvalue weighted by molar-refractivity contribution is 0.0911. The second-order valence-electron chi connectivity index (χ2n) is 5.31. The maximum atomic E-state index is 12.4. The van der Waals surface area contributed by atoms with Gasteiger partial charge in [-0.3, -0.25) is 4.79 Å². The van der Waals surface area contributed by atoms with Crippen LogP contribution in [0.3, 0.4) is 0 Å². The number of carbonyl (C=O) groups excluding carboxylic acids is 1. The van der Waals surface area contributed by atoms with E-state index in [-0.39, 0.29) is 11.9 Å². The Kier molecular flexibility index (Phi) is 3.85. The summed E-state index contributed by atoms with van der Waals surface area (Å²) in [5, 5.41) is 7.72. The Labute approximate surface area is 141 Å². The topological polar surface area (TPSA) is 51.2 Å². The van der Waals surface area contributed by atoms with Gasteiger partial charge in [-0.1, -0.05) is 24.3 Å². The molecule has 0 bridgehead atoms. The minimum absolute atomic E-state index is 0.0238. The average Bonchev–Trinajstić information content (AvgIpc) is 3.26. The van der Waals surface area contributed by atoms with E-state index in [9.17, 15) is 4.79 Å². The zero-order valence-electron chi connectivity index (χ0n) is 12.2. The van der Waals surface area contributed by atoms with Gasteiger partial charge in [-0.2, -0.15) is 0 Å². The third-order valence-corrected chi connectivity index (χ3v) is 5.56. The molecule has 0 saturated carbocycles. The molecule has 1 aliphatic rings. The highest BCUT2D eigenvalue weighted by Crippen LogP contribution is 2.28. The molecule has 4 nitrogen and oxygen atoms in total. The largest absolute Gasteiger partial charge is 0.491 e. The number of fused-ring (bicyclic) bond motifs is 1. The first-order valence-electron chi connectivity index (χ1n) is 7.30. The number of benzene rings is 1. The molecular formula is C17H14N2O2S2. The number of carbonyl (C=O) groups is 1. The van der Waals surface area contributed by atoms with Crippen LogP contribution in [0.25, 0.3) is 9.88 Å². The van der Waals surface area contributed by atoms with Crippen molar-refractivity contribution in [2.45, 2.75) is 12.5 Å². The van der Waals surface area contributed by atoms with E-state index >= 15 is 0 Å². The second-order valence-corrected chi connectivity index (χ2v) is 7.11. The van der Waals surface area contributed by atoms with Gasteiger partial charge in [0.25, 0.3) is 5.91 Å². The summed E-state index contributed by atoms with van der Waals surface area (Å²) in [6.07, 6.45) is 0.782. The Morgan fingerprint density at radius 2 is 2.13 bits per heavy atom. The number of hydrogen-bond acceptors (Lipinski definition) is 5. The molecule has 116 valence electrons. The van der Waals surface area contributed by atoms with E-state index in [1.54, 1.807) is 11.3 Å². The highest BCUT2D eigenvalue weighted by molar-refractivity contribution is 7.20. The summed E-state index contributed by atoms with van der Waals surface area (Å²) in [7, 11) is 0. The number of hydrogen-bond donors (Lipinski definition) is 1. The van der Waals surface area contributed by atoms with Crippen molar-refractivity contribution >= 4 is 28.6 Å². The van der Waals surface area contributed by atoms with Gasteiger partial charge in [0.05, 0.1) is 10.9 Å². The van der Waals surface area contributed by atoms with Crippen molar-refractivity contribution in [3.63, 3.8) is 0 Å². The van der Waals surface area contributed by atoms with Gasteiger partial charge in [0.1, 0.15) is 23.1 Å². The highest BCUT2D eigenvalue weighted by atomic mass is 32.1. The number of aromatic nitrogens is 1. The van der Waals surface area contributed by atoms with Gasteiger partial charge in [-0.25, -0.2) is 4.98 Å². The number of ether oxygens (including phenoxy) is 1. The number of thiophene rings is 1. The Balaban J connectivity index is 1.45. The van der Waals surface area contributed by atoms with E-state index in [2.05, 4.69) is 10.3 Å². The maximum absolute atomic E-state index is 12.4. The molecule has 6 heteroatoms. The third kappa shape index (κ3) is 3.00. The van der Waals surface area contributed by atoms with E-state index in [1.165, 1.54) is 11.3 Å². The SMILES string of the molecule is O=C(N[C@@H]1COc2ccccc2C1)c1csc(-c2cccs2)n1. The van der Waals surface area contributed by atoms with E-state index < -0.39 is 0 Å². The molecule has 23 heavy (non-hydrogen) atoms. The minimum Gasteiger partial charge on any atom is -0.491 e. The molecule has 2 aromatic heterocycles. The van der Waals surface area contributed by atoms with Crippen molar-refractivity contribution in [2.24, 2.45) is 0 Å². The molecule has 0 aliphatic carbocycles. The van der Waals surface area contributed by atoms with Crippen molar-refractivity contribution < 1.29 is 9.53 Å². The molecule has 0 fully saturated rings. The smallest absolute Gasteiger partial charge is 0.271 e. The summed E-state index contributed by atoms with van der Waals surface area (Å²) in [6.45, 7) is 0.491. The summed E-state index contributed by atoms with van der Waals surface area (Å²) in [6, 6.07) is 11.9. The van der Waals surface area contributed by atoms with Crippen LogP contribution in [-0.2, 0) is 6.42 Å². The monoisotopic (exact) mass is 342 g/mol. The molecule has 4 rings (SSSR count). The van der Waals surface area contributed by atoms with Crippen LogP contribution in [-0.4, -0.2) is 23.5 Å². The maximum Gasteiger partial charge on any atom is 0.271 e. The molecule has 1 atom stereocenters. The van der Waals surface area contributed by atoms with Crippen molar-refractivity contribution in [1.29, 1.82) is 0 Å². The lowest BCUT2D eigenvalue weighted by Crippen LogP contribution is -2.42. The summed E-state index contributed by atoms with van der Waals surface area (Å²) in [5.41, 5.74) is 1.60. The lowest BCUT2D eigenvalue weighted by Gasteiger charge is -2.25. The van der Waals surface area contributed by atoms with Crippen LogP contribution in [0.1, 0.15) is 16.1 Å². The molecule has 0 spiro atoms. The van der Waals surface area contributed by atoms with Gasteiger partial charge in [-0.05, 0) is 29.5 Å². The molecule has 0 unspecified atom stereocenters. The van der Waals surface area contributed by atoms with Crippen LogP contribution in [0.15, 0.2) is 47.2 Å². The summed E-state index contributed by atoms with van der Waals surface area (Å²) >= 11 is 3.12. The van der Waals surface area contributed by atoms with Crippen molar-refractivity contribution in [2.75, 3.05) is 6.61 Å². The quantitative estimate of drug-likeness (QED) is 0.791. The van der Waals surface area contributed by atoms with Crippen LogP contribution >= 0.6 is 22.7 Å². The predicted molar refractivity (Wildman–Crippen MR) is 92.3 cm³/mol. The number of para-hydroxylation sites is 1. The van der Waals surface area contributed by atoms with E-state index in [0.717, 1.165) is 27.6 Å². The second kappa shape index (κ2) is 6.14. The molecule has 3 aromatic rings. The van der Waals surface area contributed by atoms with Crippen LogP contribution < -0.4 is 10.1 Å². The first-order valence-corrected chi connectivity index (χ1v) is 9.06. The number of rotatable bonds is 3. The minimum atomic E-state index is -0.142. The molecule has 1 N–H and O–H groups in total. The van der Waals surface area contributed by atoms with Crippen LogP contribution in [0.5, 0.6) is 5.75 Å². The lowest BCUT2D eigenvalue weighted by atomic mass is 10.0. The normalized spacial score (nSPS) is 16.4. The van der Waals surface area contributed by atoms with Gasteiger partial charge in [-0.15, -0.1) is 22.7 Å². The standard InChI is InChI=1S/C17H14N2O2S2/c20-16(13-10-23-17(19-13)15-6-3-7-22-15)18-12-8-11-4-1-2-5-14(11)21-9-12/h1-7,10,12H,8-9H2,(H,18,20)/t12-/m0/s1. The molecule has 1 amide bonds. The van der Waals surface area contributed by atoms with Crippen LogP contribution in [0.4, 0.5) is 0 Å².